The smallest absolute Gasteiger partial charge is 0.262 e. The number of para-hydroxylation sites is 1. The number of fused-ring (bicyclic) bond motifs is 2. The topological polar surface area (TPSA) is 72.4 Å². The highest BCUT2D eigenvalue weighted by atomic mass is 16.5. The highest BCUT2D eigenvalue weighted by molar-refractivity contribution is 6.00. The Kier molecular flexibility index (Phi) is 3.88. The summed E-state index contributed by atoms with van der Waals surface area (Å²) in [6, 6.07) is 13.2. The molecule has 2 heterocycles. The summed E-state index contributed by atoms with van der Waals surface area (Å²) in [5, 5.41) is 6.74. The van der Waals surface area contributed by atoms with E-state index in [9.17, 15) is 9.59 Å². The summed E-state index contributed by atoms with van der Waals surface area (Å²) in [6.45, 7) is 1.88. The fourth-order valence-electron chi connectivity index (χ4n) is 3.26. The quantitative estimate of drug-likeness (QED) is 0.762. The molecule has 1 aliphatic heterocycles. The fourth-order valence-corrected chi connectivity index (χ4v) is 3.26. The zero-order chi connectivity index (χ0) is 18.3. The molecule has 132 valence electrons. The summed E-state index contributed by atoms with van der Waals surface area (Å²) in [6.07, 6.45) is 2.00. The lowest BCUT2D eigenvalue weighted by Crippen LogP contribution is -2.25. The number of amides is 2. The number of hydrogen-bond acceptors (Lipinski definition) is 3. The molecule has 3 aromatic rings. The van der Waals surface area contributed by atoms with Crippen LogP contribution in [0.15, 0.2) is 48.7 Å². The number of carbonyl (C=O) groups is 2. The minimum Gasteiger partial charge on any atom is -0.482 e. The molecule has 1 aliphatic rings. The van der Waals surface area contributed by atoms with Gasteiger partial charge in [-0.2, -0.15) is 0 Å². The van der Waals surface area contributed by atoms with Crippen molar-refractivity contribution in [1.29, 1.82) is 0 Å². The first kappa shape index (κ1) is 16.2. The lowest BCUT2D eigenvalue weighted by Gasteiger charge is -2.19. The Hall–Kier alpha value is -3.28. The van der Waals surface area contributed by atoms with Gasteiger partial charge < -0.3 is 19.9 Å². The maximum atomic E-state index is 12.8. The fraction of sp³-hybridized carbons (Fsp3) is 0.200. The monoisotopic (exact) mass is 349 g/mol. The summed E-state index contributed by atoms with van der Waals surface area (Å²) in [7, 11) is 1.98. The lowest BCUT2D eigenvalue weighted by atomic mass is 9.99. The Morgan fingerprint density at radius 2 is 2.08 bits per heavy atom. The zero-order valence-corrected chi connectivity index (χ0v) is 14.6. The van der Waals surface area contributed by atoms with Gasteiger partial charge in [0.05, 0.1) is 11.6 Å². The minimum atomic E-state index is -0.308. The van der Waals surface area contributed by atoms with Gasteiger partial charge >= 0.3 is 0 Å². The van der Waals surface area contributed by atoms with E-state index >= 15 is 0 Å². The van der Waals surface area contributed by atoms with E-state index in [-0.39, 0.29) is 24.3 Å². The number of nitrogens with one attached hydrogen (secondary N) is 2. The molecule has 0 bridgehead atoms. The van der Waals surface area contributed by atoms with Crippen LogP contribution in [0.5, 0.6) is 5.75 Å². The molecule has 1 aromatic heterocycles. The molecule has 0 saturated carbocycles. The Morgan fingerprint density at radius 1 is 1.27 bits per heavy atom. The van der Waals surface area contributed by atoms with Gasteiger partial charge in [-0.25, -0.2) is 0 Å². The third-order valence-electron chi connectivity index (χ3n) is 4.67. The molecule has 0 aliphatic carbocycles. The lowest BCUT2D eigenvalue weighted by molar-refractivity contribution is -0.119. The van der Waals surface area contributed by atoms with Crippen molar-refractivity contribution in [2.75, 3.05) is 17.2 Å². The van der Waals surface area contributed by atoms with Crippen LogP contribution >= 0.6 is 0 Å². The van der Waals surface area contributed by atoms with Crippen LogP contribution in [0.4, 0.5) is 11.4 Å². The second-order valence-electron chi connectivity index (χ2n) is 6.47. The second-order valence-corrected chi connectivity index (χ2v) is 6.47. The molecule has 4 rings (SSSR count). The molecular weight excluding hydrogens is 330 g/mol. The van der Waals surface area contributed by atoms with Gasteiger partial charge in [0.15, 0.2) is 6.61 Å². The van der Waals surface area contributed by atoms with Crippen LogP contribution in [-0.4, -0.2) is 23.0 Å². The molecule has 2 N–H and O–H groups in total. The largest absolute Gasteiger partial charge is 0.482 e. The first-order valence-electron chi connectivity index (χ1n) is 8.44. The number of hydrogen-bond donors (Lipinski definition) is 2. The Balaban J connectivity index is 1.57. The molecule has 2 amide bonds. The van der Waals surface area contributed by atoms with E-state index in [1.54, 1.807) is 18.2 Å². The summed E-state index contributed by atoms with van der Waals surface area (Å²) in [4.78, 5) is 24.1. The average molecular weight is 349 g/mol. The maximum Gasteiger partial charge on any atom is 0.262 e. The van der Waals surface area contributed by atoms with E-state index in [1.807, 2.05) is 49.0 Å². The van der Waals surface area contributed by atoms with Gasteiger partial charge in [-0.3, -0.25) is 9.59 Å². The molecule has 0 radical (unpaired) electrons. The van der Waals surface area contributed by atoms with Gasteiger partial charge in [0.25, 0.3) is 5.91 Å². The van der Waals surface area contributed by atoms with E-state index in [2.05, 4.69) is 10.6 Å². The molecule has 6 nitrogen and oxygen atoms in total. The normalized spacial score (nSPS) is 14.3. The highest BCUT2D eigenvalue weighted by Gasteiger charge is 2.21. The number of aryl methyl sites for hydroxylation is 1. The number of nitrogens with zero attached hydrogens (tertiary/aromatic N) is 1. The summed E-state index contributed by atoms with van der Waals surface area (Å²) >= 11 is 0. The Bertz CT molecular complexity index is 1020. The van der Waals surface area contributed by atoms with Gasteiger partial charge in [-0.1, -0.05) is 18.2 Å². The van der Waals surface area contributed by atoms with Crippen molar-refractivity contribution in [2.45, 2.75) is 12.8 Å². The van der Waals surface area contributed by atoms with E-state index in [0.717, 1.165) is 16.5 Å². The predicted molar refractivity (Wildman–Crippen MR) is 101 cm³/mol. The number of benzene rings is 2. The number of aromatic nitrogens is 1. The number of carbonyl (C=O) groups excluding carboxylic acids is 2. The standard InChI is InChI=1S/C20H19N3O3/c1-12(15-10-23(2)17-6-4-3-5-14(15)17)20(25)21-13-7-8-16-18(9-13)26-11-19(24)22-16/h3-10,12H,11H2,1-2H3,(H,21,25)(H,22,24)/t12-/m0/s1. The molecule has 0 spiro atoms. The van der Waals surface area contributed by atoms with E-state index in [4.69, 9.17) is 4.74 Å². The van der Waals surface area contributed by atoms with Crippen molar-refractivity contribution in [3.05, 3.63) is 54.2 Å². The van der Waals surface area contributed by atoms with Crippen LogP contribution < -0.4 is 15.4 Å². The van der Waals surface area contributed by atoms with Gasteiger partial charge in [-0.05, 0) is 30.7 Å². The molecule has 26 heavy (non-hydrogen) atoms. The van der Waals surface area contributed by atoms with Crippen molar-refractivity contribution in [3.8, 4) is 5.75 Å². The van der Waals surface area contributed by atoms with Crippen molar-refractivity contribution >= 4 is 34.1 Å². The Labute approximate surface area is 150 Å². The van der Waals surface area contributed by atoms with Crippen LogP contribution in [0.1, 0.15) is 18.4 Å². The van der Waals surface area contributed by atoms with Crippen LogP contribution in [-0.2, 0) is 16.6 Å². The molecule has 0 saturated heterocycles. The first-order chi connectivity index (χ1) is 12.5. The summed E-state index contributed by atoms with van der Waals surface area (Å²) in [5.41, 5.74) is 3.33. The SMILES string of the molecule is C[C@H](C(=O)Nc1ccc2c(c1)OCC(=O)N2)c1cn(C)c2ccccc12. The average Bonchev–Trinajstić information content (AvgIpc) is 2.98. The van der Waals surface area contributed by atoms with Crippen LogP contribution in [0.2, 0.25) is 0 Å². The first-order valence-corrected chi connectivity index (χ1v) is 8.44. The van der Waals surface area contributed by atoms with Crippen LogP contribution in [0, 0.1) is 0 Å². The predicted octanol–water partition coefficient (Wildman–Crippen LogP) is 3.25. The third kappa shape index (κ3) is 2.79. The molecule has 0 unspecified atom stereocenters. The van der Waals surface area contributed by atoms with Gasteiger partial charge in [0, 0.05) is 35.9 Å². The van der Waals surface area contributed by atoms with Gasteiger partial charge in [0.2, 0.25) is 5.91 Å². The summed E-state index contributed by atoms with van der Waals surface area (Å²) < 4.78 is 7.43. The van der Waals surface area contributed by atoms with E-state index < -0.39 is 0 Å². The molecular formula is C20H19N3O3. The van der Waals surface area contributed by atoms with Crippen molar-refractivity contribution in [2.24, 2.45) is 7.05 Å². The van der Waals surface area contributed by atoms with Gasteiger partial charge in [-0.15, -0.1) is 0 Å². The van der Waals surface area contributed by atoms with Crippen molar-refractivity contribution in [3.63, 3.8) is 0 Å². The molecule has 0 fully saturated rings. The summed E-state index contributed by atoms with van der Waals surface area (Å²) in [5.74, 6) is -0.0296. The zero-order valence-electron chi connectivity index (χ0n) is 14.6. The maximum absolute atomic E-state index is 12.8. The van der Waals surface area contributed by atoms with Crippen molar-refractivity contribution in [1.82, 2.24) is 4.57 Å². The number of ether oxygens (including phenoxy) is 1. The second kappa shape index (κ2) is 6.22. The molecule has 6 heteroatoms. The Morgan fingerprint density at radius 3 is 2.92 bits per heavy atom. The highest BCUT2D eigenvalue weighted by Crippen LogP contribution is 2.32. The number of anilines is 2. The van der Waals surface area contributed by atoms with Gasteiger partial charge in [0.1, 0.15) is 5.75 Å². The minimum absolute atomic E-state index is 0.0171. The molecule has 2 aromatic carbocycles. The van der Waals surface area contributed by atoms with E-state index in [0.29, 0.717) is 17.1 Å². The molecule has 1 atom stereocenters. The van der Waals surface area contributed by atoms with Crippen LogP contribution in [0.3, 0.4) is 0 Å². The van der Waals surface area contributed by atoms with Crippen LogP contribution in [0.25, 0.3) is 10.9 Å². The third-order valence-corrected chi connectivity index (χ3v) is 4.67. The van der Waals surface area contributed by atoms with E-state index in [1.165, 1.54) is 0 Å². The number of rotatable bonds is 3. The van der Waals surface area contributed by atoms with Crippen molar-refractivity contribution < 1.29 is 14.3 Å².